The van der Waals surface area contributed by atoms with Crippen molar-refractivity contribution in [2.24, 2.45) is 5.92 Å². The number of hydrogen-bond donors (Lipinski definition) is 7. The first-order valence-corrected chi connectivity index (χ1v) is 19.0. The van der Waals surface area contributed by atoms with E-state index in [2.05, 4.69) is 13.8 Å². The molecule has 0 radical (unpaired) electrons. The van der Waals surface area contributed by atoms with E-state index in [1.807, 2.05) is 0 Å². The second-order valence-electron chi connectivity index (χ2n) is 13.9. The average molecular weight is 679 g/mol. The Morgan fingerprint density at radius 1 is 0.489 bits per heavy atom. The summed E-state index contributed by atoms with van der Waals surface area (Å²) in [6, 6.07) is 0. The minimum absolute atomic E-state index is 0.285. The van der Waals surface area contributed by atoms with Crippen LogP contribution in [-0.4, -0.2) is 117 Å². The zero-order valence-corrected chi connectivity index (χ0v) is 29.4. The molecular formula is C36H70O11. The van der Waals surface area contributed by atoms with Crippen LogP contribution in [0.5, 0.6) is 0 Å². The molecule has 11 heteroatoms. The van der Waals surface area contributed by atoms with Gasteiger partial charge in [-0.25, -0.2) is 0 Å². The van der Waals surface area contributed by atoms with E-state index >= 15 is 0 Å². The monoisotopic (exact) mass is 678 g/mol. The van der Waals surface area contributed by atoms with E-state index in [1.165, 1.54) is 103 Å². The molecule has 0 spiro atoms. The summed E-state index contributed by atoms with van der Waals surface area (Å²) < 4.78 is 23.0. The molecule has 0 bridgehead atoms. The molecule has 0 aromatic rings. The maximum absolute atomic E-state index is 11.0. The molecule has 0 aliphatic carbocycles. The normalized spacial score (nSPS) is 32.1. The van der Waals surface area contributed by atoms with Gasteiger partial charge in [0.05, 0.1) is 19.8 Å². The van der Waals surface area contributed by atoms with E-state index in [9.17, 15) is 35.7 Å². The lowest BCUT2D eigenvalue weighted by atomic mass is 9.94. The largest absolute Gasteiger partial charge is 0.394 e. The topological polar surface area (TPSA) is 179 Å². The van der Waals surface area contributed by atoms with Crippen LogP contribution in [0.4, 0.5) is 0 Å². The van der Waals surface area contributed by atoms with Crippen LogP contribution in [0.15, 0.2) is 0 Å². The first kappa shape index (κ1) is 42.7. The quantitative estimate of drug-likeness (QED) is 0.0623. The SMILES string of the molecule is CCCCCCCCCCCCC(CCCCCCCCCC)CO[C@@H]1O[C@H](CO)[C@@H](O[C@H]2O[C@H](CO)[C@@H](O)[C@H](O)[C@H]2O)[C@H](O)[C@H]1O. The smallest absolute Gasteiger partial charge is 0.187 e. The predicted molar refractivity (Wildman–Crippen MR) is 180 cm³/mol. The average Bonchev–Trinajstić information content (AvgIpc) is 3.07. The third kappa shape index (κ3) is 15.6. The van der Waals surface area contributed by atoms with Crippen molar-refractivity contribution in [3.05, 3.63) is 0 Å². The van der Waals surface area contributed by atoms with E-state index in [-0.39, 0.29) is 5.92 Å². The number of rotatable bonds is 27. The fourth-order valence-electron chi connectivity index (χ4n) is 6.72. The summed E-state index contributed by atoms with van der Waals surface area (Å²) in [5.74, 6) is 0.285. The number of hydrogen-bond acceptors (Lipinski definition) is 11. The summed E-state index contributed by atoms with van der Waals surface area (Å²) in [6.45, 7) is 3.61. The van der Waals surface area contributed by atoms with Crippen LogP contribution in [0, 0.1) is 5.92 Å². The van der Waals surface area contributed by atoms with Crippen LogP contribution >= 0.6 is 0 Å². The molecule has 2 aliphatic rings. The van der Waals surface area contributed by atoms with Crippen LogP contribution in [0.1, 0.15) is 142 Å². The van der Waals surface area contributed by atoms with Gasteiger partial charge >= 0.3 is 0 Å². The lowest BCUT2D eigenvalue weighted by molar-refractivity contribution is -0.360. The fraction of sp³-hybridized carbons (Fsp3) is 1.00. The van der Waals surface area contributed by atoms with Crippen LogP contribution in [-0.2, 0) is 18.9 Å². The molecule has 2 rings (SSSR count). The van der Waals surface area contributed by atoms with Crippen LogP contribution in [0.2, 0.25) is 0 Å². The van der Waals surface area contributed by atoms with Crippen molar-refractivity contribution in [3.8, 4) is 0 Å². The summed E-state index contributed by atoms with van der Waals surface area (Å²) in [5, 5.41) is 71.9. The second kappa shape index (κ2) is 25.5. The van der Waals surface area contributed by atoms with Gasteiger partial charge in [-0.2, -0.15) is 0 Å². The summed E-state index contributed by atoms with van der Waals surface area (Å²) in [5.41, 5.74) is 0. The van der Waals surface area contributed by atoms with Gasteiger partial charge < -0.3 is 54.7 Å². The maximum Gasteiger partial charge on any atom is 0.187 e. The van der Waals surface area contributed by atoms with Crippen molar-refractivity contribution >= 4 is 0 Å². The Bertz CT molecular complexity index is 742. The van der Waals surface area contributed by atoms with Crippen molar-refractivity contribution in [1.29, 1.82) is 0 Å². The van der Waals surface area contributed by atoms with Gasteiger partial charge in [0.25, 0.3) is 0 Å². The number of aliphatic hydroxyl groups is 7. The zero-order valence-electron chi connectivity index (χ0n) is 29.4. The molecule has 2 saturated heterocycles. The van der Waals surface area contributed by atoms with Gasteiger partial charge in [0.15, 0.2) is 12.6 Å². The molecule has 0 saturated carbocycles. The van der Waals surface area contributed by atoms with Gasteiger partial charge in [-0.15, -0.1) is 0 Å². The number of aliphatic hydroxyl groups excluding tert-OH is 7. The number of ether oxygens (including phenoxy) is 4. The highest BCUT2D eigenvalue weighted by molar-refractivity contribution is 4.94. The zero-order chi connectivity index (χ0) is 34.4. The summed E-state index contributed by atoms with van der Waals surface area (Å²) in [7, 11) is 0. The van der Waals surface area contributed by atoms with Crippen molar-refractivity contribution in [2.75, 3.05) is 19.8 Å². The molecule has 1 unspecified atom stereocenters. The molecule has 280 valence electrons. The first-order chi connectivity index (χ1) is 22.8. The predicted octanol–water partition coefficient (Wildman–Crippen LogP) is 4.09. The molecule has 2 heterocycles. The molecule has 2 aliphatic heterocycles. The summed E-state index contributed by atoms with van der Waals surface area (Å²) in [4.78, 5) is 0. The fourth-order valence-corrected chi connectivity index (χ4v) is 6.72. The highest BCUT2D eigenvalue weighted by atomic mass is 16.7. The molecular weight excluding hydrogens is 608 g/mol. The third-order valence-corrected chi connectivity index (χ3v) is 9.89. The summed E-state index contributed by atoms with van der Waals surface area (Å²) >= 11 is 0. The van der Waals surface area contributed by atoms with Crippen molar-refractivity contribution in [2.45, 2.75) is 204 Å². The molecule has 0 amide bonds. The summed E-state index contributed by atoms with van der Waals surface area (Å²) in [6.07, 6.45) is 10.3. The molecule has 11 atom stereocenters. The van der Waals surface area contributed by atoms with Gasteiger partial charge in [0.2, 0.25) is 0 Å². The van der Waals surface area contributed by atoms with Crippen molar-refractivity contribution in [3.63, 3.8) is 0 Å². The lowest BCUT2D eigenvalue weighted by Gasteiger charge is -2.46. The van der Waals surface area contributed by atoms with Crippen molar-refractivity contribution in [1.82, 2.24) is 0 Å². The minimum Gasteiger partial charge on any atom is -0.394 e. The van der Waals surface area contributed by atoms with Gasteiger partial charge in [-0.05, 0) is 18.8 Å². The minimum atomic E-state index is -1.70. The van der Waals surface area contributed by atoms with E-state index in [0.717, 1.165) is 25.7 Å². The van der Waals surface area contributed by atoms with E-state index in [0.29, 0.717) is 6.61 Å². The van der Waals surface area contributed by atoms with Crippen molar-refractivity contribution < 1.29 is 54.7 Å². The molecule has 7 N–H and O–H groups in total. The Morgan fingerprint density at radius 3 is 1.38 bits per heavy atom. The van der Waals surface area contributed by atoms with Gasteiger partial charge in [-0.3, -0.25) is 0 Å². The molecule has 47 heavy (non-hydrogen) atoms. The number of unbranched alkanes of at least 4 members (excludes halogenated alkanes) is 16. The highest BCUT2D eigenvalue weighted by Crippen LogP contribution is 2.30. The first-order valence-electron chi connectivity index (χ1n) is 19.0. The van der Waals surface area contributed by atoms with Gasteiger partial charge in [0, 0.05) is 0 Å². The van der Waals surface area contributed by atoms with Crippen LogP contribution in [0.25, 0.3) is 0 Å². The Balaban J connectivity index is 1.87. The maximum atomic E-state index is 11.0. The van der Waals surface area contributed by atoms with Gasteiger partial charge in [-0.1, -0.05) is 129 Å². The third-order valence-electron chi connectivity index (χ3n) is 9.89. The van der Waals surface area contributed by atoms with E-state index in [1.54, 1.807) is 0 Å². The molecule has 0 aromatic carbocycles. The Morgan fingerprint density at radius 2 is 0.915 bits per heavy atom. The standard InChI is InChI=1S/C36H70O11/c1-3-5-7-9-11-13-14-16-18-20-22-26(21-19-17-15-12-10-8-6-4-2)25-44-35-33(43)31(41)34(28(24-38)46-35)47-36-32(42)30(40)29(39)27(23-37)45-36/h26-43H,3-25H2,1-2H3/t26?,27-,28-,29-,30+,31-,32-,33-,34-,35-,36-/m1/s1. The van der Waals surface area contributed by atoms with Gasteiger partial charge in [0.1, 0.15) is 48.8 Å². The van der Waals surface area contributed by atoms with Crippen LogP contribution in [0.3, 0.4) is 0 Å². The molecule has 0 aromatic heterocycles. The Kier molecular flexibility index (Phi) is 23.2. The Hall–Kier alpha value is -0.440. The van der Waals surface area contributed by atoms with E-state index in [4.69, 9.17) is 18.9 Å². The second-order valence-corrected chi connectivity index (χ2v) is 13.9. The van der Waals surface area contributed by atoms with Crippen LogP contribution < -0.4 is 0 Å². The molecule has 11 nitrogen and oxygen atoms in total. The highest BCUT2D eigenvalue weighted by Gasteiger charge is 2.50. The van der Waals surface area contributed by atoms with E-state index < -0.39 is 74.6 Å². The Labute approximate surface area is 284 Å². The molecule has 2 fully saturated rings. The lowest BCUT2D eigenvalue weighted by Crippen LogP contribution is -2.64.